The smallest absolute Gasteiger partial charge is 0.293 e. The lowest BCUT2D eigenvalue weighted by atomic mass is 10.1. The molecule has 2 amide bonds. The highest BCUT2D eigenvalue weighted by atomic mass is 127. The Morgan fingerprint density at radius 3 is 2.43 bits per heavy atom. The van der Waals surface area contributed by atoms with Crippen molar-refractivity contribution in [2.45, 2.75) is 13.5 Å². The van der Waals surface area contributed by atoms with Crippen LogP contribution in [0.15, 0.2) is 70.0 Å². The Morgan fingerprint density at radius 1 is 1.00 bits per heavy atom. The van der Waals surface area contributed by atoms with Crippen LogP contribution in [0.5, 0.6) is 0 Å². The Balaban J connectivity index is 1.52. The van der Waals surface area contributed by atoms with Gasteiger partial charge in [-0.25, -0.2) is 0 Å². The van der Waals surface area contributed by atoms with E-state index < -0.39 is 0 Å². The van der Waals surface area contributed by atoms with Crippen LogP contribution in [0, 0.1) is 10.5 Å². The zero-order valence-electron chi connectivity index (χ0n) is 15.0. The minimum atomic E-state index is -0.289. The molecule has 4 rings (SSSR count). The van der Waals surface area contributed by atoms with E-state index in [1.165, 1.54) is 4.90 Å². The summed E-state index contributed by atoms with van der Waals surface area (Å²) in [6, 6.07) is 19.5. The fourth-order valence-electron chi connectivity index (χ4n) is 2.84. The summed E-state index contributed by atoms with van der Waals surface area (Å²) in [5.41, 5.74) is 3.03. The molecular formula is C22H16INO3S. The Labute approximate surface area is 180 Å². The molecule has 0 radical (unpaired) electrons. The molecule has 28 heavy (non-hydrogen) atoms. The third-order valence-corrected chi connectivity index (χ3v) is 5.99. The lowest BCUT2D eigenvalue weighted by Crippen LogP contribution is -2.27. The second-order valence-electron chi connectivity index (χ2n) is 6.46. The highest BCUT2D eigenvalue weighted by molar-refractivity contribution is 14.1. The lowest BCUT2D eigenvalue weighted by Gasteiger charge is -2.12. The van der Waals surface area contributed by atoms with Gasteiger partial charge in [-0.2, -0.15) is 0 Å². The molecule has 0 bridgehead atoms. The molecule has 0 unspecified atom stereocenters. The van der Waals surface area contributed by atoms with Gasteiger partial charge in [-0.05, 0) is 71.1 Å². The molecule has 2 aromatic carbocycles. The molecule has 3 aromatic rings. The predicted octanol–water partition coefficient (Wildman–Crippen LogP) is 6.10. The summed E-state index contributed by atoms with van der Waals surface area (Å²) in [4.78, 5) is 26.6. The summed E-state index contributed by atoms with van der Waals surface area (Å²) in [5, 5.41) is -0.263. The quantitative estimate of drug-likeness (QED) is 0.321. The van der Waals surface area contributed by atoms with Crippen molar-refractivity contribution in [1.82, 2.24) is 4.90 Å². The van der Waals surface area contributed by atoms with E-state index in [9.17, 15) is 9.59 Å². The van der Waals surface area contributed by atoms with Gasteiger partial charge in [-0.3, -0.25) is 14.5 Å². The van der Waals surface area contributed by atoms with Crippen LogP contribution in [-0.2, 0) is 11.3 Å². The van der Waals surface area contributed by atoms with Crippen molar-refractivity contribution in [2.24, 2.45) is 0 Å². The summed E-state index contributed by atoms with van der Waals surface area (Å²) in [5.74, 6) is 0.985. The second-order valence-corrected chi connectivity index (χ2v) is 8.70. The maximum absolute atomic E-state index is 12.7. The van der Waals surface area contributed by atoms with E-state index in [0.29, 0.717) is 10.7 Å². The number of thioether (sulfide) groups is 1. The van der Waals surface area contributed by atoms with Crippen molar-refractivity contribution in [3.63, 3.8) is 0 Å². The molecular weight excluding hydrogens is 485 g/mol. The van der Waals surface area contributed by atoms with E-state index in [1.54, 1.807) is 12.1 Å². The first kappa shape index (κ1) is 19.0. The number of carbonyl (C=O) groups excluding carboxylic acids is 2. The molecule has 1 aromatic heterocycles. The molecule has 1 aliphatic rings. The molecule has 1 saturated heterocycles. The monoisotopic (exact) mass is 501 g/mol. The van der Waals surface area contributed by atoms with Crippen LogP contribution in [0.4, 0.5) is 4.79 Å². The fraction of sp³-hybridized carbons (Fsp3) is 0.0909. The van der Waals surface area contributed by atoms with Gasteiger partial charge in [-0.1, -0.05) is 42.0 Å². The molecule has 0 saturated carbocycles. The maximum atomic E-state index is 12.7. The zero-order valence-corrected chi connectivity index (χ0v) is 18.0. The fourth-order valence-corrected chi connectivity index (χ4v) is 4.02. The summed E-state index contributed by atoms with van der Waals surface area (Å²) >= 11 is 3.20. The SMILES string of the molecule is Cc1ccc(CN2C(=O)S/C(=C\c3ccc(-c4ccc(I)cc4)o3)C2=O)cc1. The van der Waals surface area contributed by atoms with Crippen molar-refractivity contribution in [3.8, 4) is 11.3 Å². The van der Waals surface area contributed by atoms with Crippen LogP contribution in [0.1, 0.15) is 16.9 Å². The van der Waals surface area contributed by atoms with Gasteiger partial charge in [-0.15, -0.1) is 0 Å². The molecule has 1 fully saturated rings. The molecule has 0 atom stereocenters. The first-order valence-electron chi connectivity index (χ1n) is 8.66. The van der Waals surface area contributed by atoms with E-state index in [0.717, 1.165) is 37.8 Å². The molecule has 0 N–H and O–H groups in total. The number of hydrogen-bond donors (Lipinski definition) is 0. The Hall–Kier alpha value is -2.32. The standard InChI is InChI=1S/C22H16INO3S/c1-14-2-4-15(5-3-14)13-24-21(25)20(28-22(24)26)12-18-10-11-19(27-18)16-6-8-17(23)9-7-16/h2-12H,13H2,1H3/b20-12-. The number of nitrogens with zero attached hydrogens (tertiary/aromatic N) is 1. The van der Waals surface area contributed by atoms with Crippen LogP contribution in [-0.4, -0.2) is 16.0 Å². The van der Waals surface area contributed by atoms with E-state index >= 15 is 0 Å². The summed E-state index contributed by atoms with van der Waals surface area (Å²) in [6.45, 7) is 2.27. The second kappa shape index (κ2) is 7.97. The Bertz CT molecular complexity index is 1070. The van der Waals surface area contributed by atoms with Crippen LogP contribution in [0.3, 0.4) is 0 Å². The number of benzene rings is 2. The van der Waals surface area contributed by atoms with Crippen molar-refractivity contribution in [1.29, 1.82) is 0 Å². The highest BCUT2D eigenvalue weighted by Gasteiger charge is 2.35. The van der Waals surface area contributed by atoms with Crippen molar-refractivity contribution in [3.05, 3.63) is 86.0 Å². The number of carbonyl (C=O) groups is 2. The summed E-state index contributed by atoms with van der Waals surface area (Å²) in [7, 11) is 0. The number of halogens is 1. The number of furan rings is 1. The van der Waals surface area contributed by atoms with Crippen LogP contribution >= 0.6 is 34.4 Å². The minimum absolute atomic E-state index is 0.263. The number of imide groups is 1. The van der Waals surface area contributed by atoms with Gasteiger partial charge in [0.05, 0.1) is 11.4 Å². The normalized spacial score (nSPS) is 15.6. The first-order chi connectivity index (χ1) is 13.5. The predicted molar refractivity (Wildman–Crippen MR) is 120 cm³/mol. The number of amides is 2. The Morgan fingerprint density at radius 2 is 1.71 bits per heavy atom. The van der Waals surface area contributed by atoms with Gasteiger partial charge in [0, 0.05) is 15.2 Å². The summed E-state index contributed by atoms with van der Waals surface area (Å²) in [6.07, 6.45) is 1.64. The van der Waals surface area contributed by atoms with Gasteiger partial charge in [0.1, 0.15) is 11.5 Å². The van der Waals surface area contributed by atoms with Crippen LogP contribution < -0.4 is 0 Å². The largest absolute Gasteiger partial charge is 0.457 e. The van der Waals surface area contributed by atoms with Crippen molar-refractivity contribution < 1.29 is 14.0 Å². The van der Waals surface area contributed by atoms with Gasteiger partial charge in [0.15, 0.2) is 0 Å². The van der Waals surface area contributed by atoms with Gasteiger partial charge < -0.3 is 4.42 Å². The van der Waals surface area contributed by atoms with Crippen LogP contribution in [0.25, 0.3) is 17.4 Å². The number of aryl methyl sites for hydroxylation is 1. The lowest BCUT2D eigenvalue weighted by molar-refractivity contribution is -0.123. The number of rotatable bonds is 4. The summed E-state index contributed by atoms with van der Waals surface area (Å²) < 4.78 is 7.00. The third kappa shape index (κ3) is 4.07. The maximum Gasteiger partial charge on any atom is 0.293 e. The highest BCUT2D eigenvalue weighted by Crippen LogP contribution is 2.34. The van der Waals surface area contributed by atoms with E-state index in [-0.39, 0.29) is 17.7 Å². The average Bonchev–Trinajstić information content (AvgIpc) is 3.24. The minimum Gasteiger partial charge on any atom is -0.457 e. The molecule has 1 aliphatic heterocycles. The zero-order chi connectivity index (χ0) is 19.7. The van der Waals surface area contributed by atoms with Gasteiger partial charge in [0.2, 0.25) is 0 Å². The number of hydrogen-bond acceptors (Lipinski definition) is 4. The van der Waals surface area contributed by atoms with Crippen molar-refractivity contribution >= 4 is 51.6 Å². The molecule has 0 aliphatic carbocycles. The molecule has 0 spiro atoms. The first-order valence-corrected chi connectivity index (χ1v) is 10.6. The third-order valence-electron chi connectivity index (χ3n) is 4.36. The molecule has 4 nitrogen and oxygen atoms in total. The van der Waals surface area contributed by atoms with Crippen LogP contribution in [0.2, 0.25) is 0 Å². The average molecular weight is 501 g/mol. The van der Waals surface area contributed by atoms with E-state index in [2.05, 4.69) is 22.6 Å². The van der Waals surface area contributed by atoms with Gasteiger partial charge in [0.25, 0.3) is 11.1 Å². The van der Waals surface area contributed by atoms with E-state index in [1.807, 2.05) is 61.5 Å². The van der Waals surface area contributed by atoms with Crippen molar-refractivity contribution in [2.75, 3.05) is 0 Å². The molecule has 2 heterocycles. The molecule has 140 valence electrons. The van der Waals surface area contributed by atoms with E-state index in [4.69, 9.17) is 4.42 Å². The molecule has 6 heteroatoms. The Kier molecular flexibility index (Phi) is 5.41. The van der Waals surface area contributed by atoms with Gasteiger partial charge >= 0.3 is 0 Å². The topological polar surface area (TPSA) is 50.5 Å².